The topological polar surface area (TPSA) is 52.3 Å². The summed E-state index contributed by atoms with van der Waals surface area (Å²) in [5.41, 5.74) is 7.32. The SMILES string of the molecule is Nc1ccccc1CC(=O)OCc1ccc(Br)cc1F. The highest BCUT2D eigenvalue weighted by Gasteiger charge is 2.09. The van der Waals surface area contributed by atoms with Crippen molar-refractivity contribution in [2.75, 3.05) is 5.73 Å². The van der Waals surface area contributed by atoms with E-state index in [4.69, 9.17) is 10.5 Å². The first-order valence-corrected chi connectivity index (χ1v) is 6.78. The summed E-state index contributed by atoms with van der Waals surface area (Å²) < 4.78 is 19.2. The lowest BCUT2D eigenvalue weighted by molar-refractivity contribution is -0.144. The number of carbonyl (C=O) groups is 1. The van der Waals surface area contributed by atoms with Gasteiger partial charge in [0.05, 0.1) is 6.42 Å². The summed E-state index contributed by atoms with van der Waals surface area (Å²) in [5.74, 6) is -0.850. The number of hydrogen-bond acceptors (Lipinski definition) is 3. The van der Waals surface area contributed by atoms with Gasteiger partial charge in [-0.25, -0.2) is 4.39 Å². The summed E-state index contributed by atoms with van der Waals surface area (Å²) in [6, 6.07) is 11.7. The van der Waals surface area contributed by atoms with Crippen molar-refractivity contribution in [3.63, 3.8) is 0 Å². The molecule has 2 N–H and O–H groups in total. The van der Waals surface area contributed by atoms with Gasteiger partial charge in [-0.1, -0.05) is 40.2 Å². The Morgan fingerprint density at radius 1 is 1.20 bits per heavy atom. The van der Waals surface area contributed by atoms with Crippen LogP contribution in [0.5, 0.6) is 0 Å². The van der Waals surface area contributed by atoms with Crippen LogP contribution in [-0.4, -0.2) is 5.97 Å². The maximum absolute atomic E-state index is 13.6. The normalized spacial score (nSPS) is 10.3. The minimum Gasteiger partial charge on any atom is -0.460 e. The van der Waals surface area contributed by atoms with Gasteiger partial charge < -0.3 is 10.5 Å². The van der Waals surface area contributed by atoms with Gasteiger partial charge in [-0.3, -0.25) is 4.79 Å². The second-order valence-electron chi connectivity index (χ2n) is 4.27. The molecule has 3 nitrogen and oxygen atoms in total. The number of rotatable bonds is 4. The monoisotopic (exact) mass is 337 g/mol. The standard InChI is InChI=1S/C15H13BrFNO2/c16-12-6-5-11(13(17)8-12)9-20-15(19)7-10-3-1-2-4-14(10)18/h1-6,8H,7,9,18H2. The molecule has 5 heteroatoms. The van der Waals surface area contributed by atoms with Gasteiger partial charge in [0.2, 0.25) is 0 Å². The fourth-order valence-electron chi connectivity index (χ4n) is 1.70. The van der Waals surface area contributed by atoms with E-state index in [0.29, 0.717) is 21.3 Å². The number of carbonyl (C=O) groups excluding carboxylic acids is 1. The molecule has 0 bridgehead atoms. The van der Waals surface area contributed by atoms with E-state index in [9.17, 15) is 9.18 Å². The molecule has 2 aromatic rings. The lowest BCUT2D eigenvalue weighted by Gasteiger charge is -2.07. The zero-order valence-electron chi connectivity index (χ0n) is 10.6. The minimum absolute atomic E-state index is 0.0742. The van der Waals surface area contributed by atoms with Gasteiger partial charge in [0.25, 0.3) is 0 Å². The Morgan fingerprint density at radius 3 is 2.65 bits per heavy atom. The van der Waals surface area contributed by atoms with Crippen LogP contribution in [0.4, 0.5) is 10.1 Å². The number of halogens is 2. The van der Waals surface area contributed by atoms with Crippen LogP contribution >= 0.6 is 15.9 Å². The molecule has 104 valence electrons. The number of para-hydroxylation sites is 1. The minimum atomic E-state index is -0.440. The molecule has 0 fully saturated rings. The smallest absolute Gasteiger partial charge is 0.310 e. The summed E-state index contributed by atoms with van der Waals surface area (Å²) in [5, 5.41) is 0. The first-order valence-electron chi connectivity index (χ1n) is 5.99. The van der Waals surface area contributed by atoms with E-state index < -0.39 is 11.8 Å². The van der Waals surface area contributed by atoms with Crippen molar-refractivity contribution in [2.24, 2.45) is 0 Å². The largest absolute Gasteiger partial charge is 0.460 e. The zero-order valence-corrected chi connectivity index (χ0v) is 12.2. The van der Waals surface area contributed by atoms with Gasteiger partial charge in [-0.2, -0.15) is 0 Å². The van der Waals surface area contributed by atoms with Crippen LogP contribution in [0.25, 0.3) is 0 Å². The maximum atomic E-state index is 13.6. The van der Waals surface area contributed by atoms with Crippen molar-refractivity contribution in [2.45, 2.75) is 13.0 Å². The molecule has 0 aliphatic heterocycles. The molecule has 0 aliphatic carbocycles. The molecule has 20 heavy (non-hydrogen) atoms. The molecule has 0 radical (unpaired) electrons. The molecule has 0 saturated heterocycles. The van der Waals surface area contributed by atoms with Crippen molar-refractivity contribution in [3.8, 4) is 0 Å². The van der Waals surface area contributed by atoms with Crippen molar-refractivity contribution in [1.82, 2.24) is 0 Å². The molecule has 2 rings (SSSR count). The fourth-order valence-corrected chi connectivity index (χ4v) is 2.03. The van der Waals surface area contributed by atoms with Crippen LogP contribution < -0.4 is 5.73 Å². The molecule has 0 aliphatic rings. The zero-order chi connectivity index (χ0) is 14.5. The number of hydrogen-bond donors (Lipinski definition) is 1. The number of esters is 1. The number of nitrogen functional groups attached to an aromatic ring is 1. The number of ether oxygens (including phenoxy) is 1. The highest BCUT2D eigenvalue weighted by molar-refractivity contribution is 9.10. The highest BCUT2D eigenvalue weighted by Crippen LogP contribution is 2.17. The van der Waals surface area contributed by atoms with Gasteiger partial charge >= 0.3 is 5.97 Å². The average Bonchev–Trinajstić information content (AvgIpc) is 2.40. The van der Waals surface area contributed by atoms with Gasteiger partial charge in [-0.15, -0.1) is 0 Å². The second-order valence-corrected chi connectivity index (χ2v) is 5.19. The summed E-state index contributed by atoms with van der Waals surface area (Å²) in [6.07, 6.45) is 0.0742. The third-order valence-corrected chi connectivity index (χ3v) is 3.29. The highest BCUT2D eigenvalue weighted by atomic mass is 79.9. The lowest BCUT2D eigenvalue weighted by Crippen LogP contribution is -2.10. The Bertz CT molecular complexity index is 631. The molecular weight excluding hydrogens is 325 g/mol. The first kappa shape index (κ1) is 14.5. The molecule has 0 heterocycles. The number of anilines is 1. The summed E-state index contributed by atoms with van der Waals surface area (Å²) in [6.45, 7) is -0.0926. The Hall–Kier alpha value is -1.88. The van der Waals surface area contributed by atoms with Crippen LogP contribution in [0.1, 0.15) is 11.1 Å². The van der Waals surface area contributed by atoms with Crippen molar-refractivity contribution < 1.29 is 13.9 Å². The van der Waals surface area contributed by atoms with Crippen molar-refractivity contribution >= 4 is 27.6 Å². The van der Waals surface area contributed by atoms with Crippen molar-refractivity contribution in [3.05, 3.63) is 63.9 Å². The predicted molar refractivity (Wildman–Crippen MR) is 78.5 cm³/mol. The number of nitrogens with two attached hydrogens (primary N) is 1. The van der Waals surface area contributed by atoms with Crippen LogP contribution in [0.3, 0.4) is 0 Å². The van der Waals surface area contributed by atoms with Crippen molar-refractivity contribution in [1.29, 1.82) is 0 Å². The Balaban J connectivity index is 1.94. The van der Waals surface area contributed by atoms with Gasteiger partial charge in [0.15, 0.2) is 0 Å². The molecule has 0 amide bonds. The number of benzene rings is 2. The Morgan fingerprint density at radius 2 is 1.95 bits per heavy atom. The molecule has 0 atom stereocenters. The molecule has 0 aromatic heterocycles. The fraction of sp³-hybridized carbons (Fsp3) is 0.133. The summed E-state index contributed by atoms with van der Waals surface area (Å²) in [7, 11) is 0. The predicted octanol–water partition coefficient (Wildman–Crippen LogP) is 3.46. The molecule has 0 unspecified atom stereocenters. The van der Waals surface area contributed by atoms with Crippen LogP contribution in [0.15, 0.2) is 46.9 Å². The quantitative estimate of drug-likeness (QED) is 0.686. The molecular formula is C15H13BrFNO2. The Labute approximate surface area is 124 Å². The second kappa shape index (κ2) is 6.52. The third-order valence-electron chi connectivity index (χ3n) is 2.79. The third kappa shape index (κ3) is 3.81. The van der Waals surface area contributed by atoms with Gasteiger partial charge in [-0.05, 0) is 23.8 Å². The van der Waals surface area contributed by atoms with Crippen LogP contribution in [0, 0.1) is 5.82 Å². The maximum Gasteiger partial charge on any atom is 0.310 e. The van der Waals surface area contributed by atoms with E-state index in [0.717, 1.165) is 0 Å². The Kier molecular flexibility index (Phi) is 4.74. The first-order chi connectivity index (χ1) is 9.56. The summed E-state index contributed by atoms with van der Waals surface area (Å²) >= 11 is 3.17. The van der Waals surface area contributed by atoms with E-state index in [1.165, 1.54) is 6.07 Å². The van der Waals surface area contributed by atoms with E-state index in [1.807, 2.05) is 0 Å². The molecule has 2 aromatic carbocycles. The van der Waals surface area contributed by atoms with Gasteiger partial charge in [0, 0.05) is 15.7 Å². The van der Waals surface area contributed by atoms with E-state index >= 15 is 0 Å². The molecule has 0 saturated carbocycles. The lowest BCUT2D eigenvalue weighted by atomic mass is 10.1. The van der Waals surface area contributed by atoms with E-state index in [1.54, 1.807) is 36.4 Å². The summed E-state index contributed by atoms with van der Waals surface area (Å²) in [4.78, 5) is 11.7. The van der Waals surface area contributed by atoms with Crippen LogP contribution in [-0.2, 0) is 22.6 Å². The molecule has 0 spiro atoms. The van der Waals surface area contributed by atoms with E-state index in [2.05, 4.69) is 15.9 Å². The average molecular weight is 338 g/mol. The van der Waals surface area contributed by atoms with Gasteiger partial charge in [0.1, 0.15) is 12.4 Å². The van der Waals surface area contributed by atoms with Crippen LogP contribution in [0.2, 0.25) is 0 Å². The van der Waals surface area contributed by atoms with E-state index in [-0.39, 0.29) is 13.0 Å².